The maximum absolute atomic E-state index is 4.20. The molecule has 0 spiro atoms. The number of rotatable bonds is 0. The van der Waals surface area contributed by atoms with E-state index in [0.717, 1.165) is 5.69 Å². The van der Waals surface area contributed by atoms with Crippen LogP contribution in [0.3, 0.4) is 0 Å². The minimum atomic E-state index is 0.140. The monoisotopic (exact) mass is 238 g/mol. The Hall–Kier alpha value is -1.81. The van der Waals surface area contributed by atoms with Gasteiger partial charge in [0.05, 0.1) is 5.69 Å². The summed E-state index contributed by atoms with van der Waals surface area (Å²) in [5.74, 6) is 0. The topological polar surface area (TPSA) is 28.0 Å². The average molecular weight is 238 g/mol. The van der Waals surface area contributed by atoms with Gasteiger partial charge in [-0.15, -0.1) is 0 Å². The van der Waals surface area contributed by atoms with E-state index in [9.17, 15) is 0 Å². The Morgan fingerprint density at radius 1 is 1.12 bits per heavy atom. The van der Waals surface area contributed by atoms with E-state index in [4.69, 9.17) is 0 Å². The van der Waals surface area contributed by atoms with Gasteiger partial charge in [0.15, 0.2) is 0 Å². The van der Waals surface area contributed by atoms with Crippen LogP contribution in [0.2, 0.25) is 0 Å². The number of nitrogens with zero attached hydrogens (tertiary/aromatic N) is 3. The van der Waals surface area contributed by atoms with Crippen LogP contribution in [0.25, 0.3) is 11.1 Å². The molecular formula is C13H8N3S. The molecular weight excluding hydrogens is 230 g/mol. The highest BCUT2D eigenvalue weighted by Crippen LogP contribution is 2.51. The lowest BCUT2D eigenvalue weighted by atomic mass is 9.94. The quantitative estimate of drug-likeness (QED) is 0.649. The third-order valence-electron chi connectivity index (χ3n) is 3.08. The van der Waals surface area contributed by atoms with Crippen molar-refractivity contribution in [3.05, 3.63) is 54.1 Å². The van der Waals surface area contributed by atoms with Crippen LogP contribution in [0.1, 0.15) is 10.9 Å². The number of fused-ring (bicyclic) bond motifs is 6. The van der Waals surface area contributed by atoms with Crippen LogP contribution in [-0.2, 0) is 0 Å². The molecule has 0 saturated heterocycles. The number of hydrogen-bond acceptors (Lipinski definition) is 4. The summed E-state index contributed by atoms with van der Waals surface area (Å²) in [4.78, 5) is 0. The zero-order chi connectivity index (χ0) is 11.2. The van der Waals surface area contributed by atoms with Crippen LogP contribution in [0.5, 0.6) is 0 Å². The number of para-hydroxylation sites is 1. The Balaban J connectivity index is 2.06. The van der Waals surface area contributed by atoms with Crippen LogP contribution < -0.4 is 5.01 Å². The summed E-state index contributed by atoms with van der Waals surface area (Å²) in [6.07, 6.45) is 0. The van der Waals surface area contributed by atoms with Gasteiger partial charge in [0.2, 0.25) is 0 Å². The van der Waals surface area contributed by atoms with Gasteiger partial charge in [-0.05, 0) is 17.7 Å². The van der Waals surface area contributed by atoms with Gasteiger partial charge in [-0.2, -0.15) is 0 Å². The van der Waals surface area contributed by atoms with Crippen LogP contribution in [0, 0.1) is 6.07 Å². The zero-order valence-corrected chi connectivity index (χ0v) is 9.69. The van der Waals surface area contributed by atoms with Gasteiger partial charge >= 0.3 is 0 Å². The Kier molecular flexibility index (Phi) is 1.82. The molecule has 2 aliphatic rings. The van der Waals surface area contributed by atoms with Crippen LogP contribution in [0.4, 0.5) is 5.69 Å². The summed E-state index contributed by atoms with van der Waals surface area (Å²) < 4.78 is 4.07. The first kappa shape index (κ1) is 9.24. The molecule has 0 saturated carbocycles. The summed E-state index contributed by atoms with van der Waals surface area (Å²) in [6.45, 7) is 0. The molecule has 2 aliphatic heterocycles. The standard InChI is InChI=1S/C13H8N3S/c1-2-7-11-9(5-1)10-6-3-4-8-12(10)16-13(11)17-15-14-16/h1-6,8,13H. The lowest BCUT2D eigenvalue weighted by Crippen LogP contribution is -2.21. The highest BCUT2D eigenvalue weighted by Gasteiger charge is 2.34. The Bertz CT molecular complexity index is 624. The van der Waals surface area contributed by atoms with E-state index in [0.29, 0.717) is 0 Å². The first-order valence-corrected chi connectivity index (χ1v) is 6.25. The molecule has 0 fully saturated rings. The fourth-order valence-corrected chi connectivity index (χ4v) is 3.09. The van der Waals surface area contributed by atoms with E-state index in [2.05, 4.69) is 40.1 Å². The number of benzene rings is 2. The lowest BCUT2D eigenvalue weighted by Gasteiger charge is -2.30. The van der Waals surface area contributed by atoms with Crippen molar-refractivity contribution in [3.8, 4) is 11.1 Å². The Morgan fingerprint density at radius 2 is 2.00 bits per heavy atom. The molecule has 4 heteroatoms. The van der Waals surface area contributed by atoms with E-state index >= 15 is 0 Å². The molecule has 0 amide bonds. The molecule has 2 aromatic carbocycles. The van der Waals surface area contributed by atoms with Crippen molar-refractivity contribution in [3.63, 3.8) is 0 Å². The smallest absolute Gasteiger partial charge is 0.149 e. The van der Waals surface area contributed by atoms with E-state index in [-0.39, 0.29) is 5.37 Å². The second kappa shape index (κ2) is 3.34. The van der Waals surface area contributed by atoms with Gasteiger partial charge in [0.25, 0.3) is 0 Å². The summed E-state index contributed by atoms with van der Waals surface area (Å²) in [5.41, 5.74) is 4.74. The normalized spacial score (nSPS) is 19.8. The highest BCUT2D eigenvalue weighted by atomic mass is 32.2. The van der Waals surface area contributed by atoms with E-state index < -0.39 is 0 Å². The minimum absolute atomic E-state index is 0.140. The molecule has 2 aromatic rings. The SMILES string of the molecule is [c]1cccc2c1C1SN=NN1c1ccccc1-2. The largest absolute Gasteiger partial charge is 0.226 e. The maximum atomic E-state index is 4.20. The molecule has 0 bridgehead atoms. The van der Waals surface area contributed by atoms with Gasteiger partial charge in [0.1, 0.15) is 5.37 Å². The molecule has 1 atom stereocenters. The molecule has 4 rings (SSSR count). The van der Waals surface area contributed by atoms with Gasteiger partial charge in [-0.25, -0.2) is 5.01 Å². The summed E-state index contributed by atoms with van der Waals surface area (Å²) in [7, 11) is 0. The van der Waals surface area contributed by atoms with E-state index in [1.807, 2.05) is 23.2 Å². The summed E-state index contributed by atoms with van der Waals surface area (Å²) in [6, 6.07) is 17.7. The first-order valence-electron chi connectivity index (χ1n) is 5.41. The molecule has 1 radical (unpaired) electrons. The summed E-state index contributed by atoms with van der Waals surface area (Å²) in [5, 5.41) is 6.31. The van der Waals surface area contributed by atoms with Crippen molar-refractivity contribution in [1.82, 2.24) is 0 Å². The molecule has 2 heterocycles. The molecule has 17 heavy (non-hydrogen) atoms. The van der Waals surface area contributed by atoms with Gasteiger partial charge in [0, 0.05) is 23.1 Å². The zero-order valence-electron chi connectivity index (χ0n) is 8.87. The Morgan fingerprint density at radius 3 is 3.00 bits per heavy atom. The molecule has 1 unspecified atom stereocenters. The lowest BCUT2D eigenvalue weighted by molar-refractivity contribution is 0.823. The molecule has 0 N–H and O–H groups in total. The van der Waals surface area contributed by atoms with E-state index in [1.54, 1.807) is 0 Å². The number of anilines is 1. The first-order chi connectivity index (χ1) is 8.45. The molecule has 0 aromatic heterocycles. The molecule has 81 valence electrons. The van der Waals surface area contributed by atoms with Crippen LogP contribution in [0.15, 0.2) is 52.2 Å². The van der Waals surface area contributed by atoms with Gasteiger partial charge < -0.3 is 0 Å². The fraction of sp³-hybridized carbons (Fsp3) is 0.0769. The highest BCUT2D eigenvalue weighted by molar-refractivity contribution is 7.98. The van der Waals surface area contributed by atoms with Crippen LogP contribution in [-0.4, -0.2) is 0 Å². The summed E-state index contributed by atoms with van der Waals surface area (Å²) >= 11 is 1.49. The third-order valence-corrected chi connectivity index (χ3v) is 3.88. The van der Waals surface area contributed by atoms with E-state index in [1.165, 1.54) is 28.6 Å². The third kappa shape index (κ3) is 1.18. The average Bonchev–Trinajstić information content (AvgIpc) is 2.89. The Labute approximate surface area is 103 Å². The van der Waals surface area contributed by atoms with Gasteiger partial charge in [-0.3, -0.25) is 0 Å². The van der Waals surface area contributed by atoms with Gasteiger partial charge in [-0.1, -0.05) is 46.1 Å². The van der Waals surface area contributed by atoms with Crippen molar-refractivity contribution in [2.45, 2.75) is 5.37 Å². The van der Waals surface area contributed by atoms with Crippen molar-refractivity contribution >= 4 is 17.6 Å². The van der Waals surface area contributed by atoms with Crippen LogP contribution >= 0.6 is 11.9 Å². The predicted octanol–water partition coefficient (Wildman–Crippen LogP) is 4.00. The number of hydrogen-bond donors (Lipinski definition) is 0. The minimum Gasteiger partial charge on any atom is -0.226 e. The van der Waals surface area contributed by atoms with Crippen molar-refractivity contribution in [1.29, 1.82) is 0 Å². The second-order valence-corrected chi connectivity index (χ2v) is 4.81. The predicted molar refractivity (Wildman–Crippen MR) is 68.4 cm³/mol. The van der Waals surface area contributed by atoms with Crippen molar-refractivity contribution in [2.75, 3.05) is 5.01 Å². The van der Waals surface area contributed by atoms with Crippen molar-refractivity contribution in [2.24, 2.45) is 9.74 Å². The van der Waals surface area contributed by atoms with Crippen molar-refractivity contribution < 1.29 is 0 Å². The maximum Gasteiger partial charge on any atom is 0.149 e. The fourth-order valence-electron chi connectivity index (χ4n) is 2.34. The molecule has 0 aliphatic carbocycles. The second-order valence-electron chi connectivity index (χ2n) is 3.99. The molecule has 3 nitrogen and oxygen atoms in total.